The largest absolute Gasteiger partial charge is 0.327 e. The van der Waals surface area contributed by atoms with E-state index in [0.717, 1.165) is 18.1 Å². The van der Waals surface area contributed by atoms with Gasteiger partial charge in [-0.15, -0.1) is 11.8 Å². The van der Waals surface area contributed by atoms with Crippen molar-refractivity contribution in [2.24, 2.45) is 16.6 Å². The van der Waals surface area contributed by atoms with Crippen LogP contribution in [0.25, 0.3) is 0 Å². The normalized spacial score (nSPS) is 33.1. The molecule has 1 aliphatic heterocycles. The maximum Gasteiger partial charge on any atom is 0.0698 e. The standard InChI is InChI=1S/C10H18N2S/c1-6(2)3-7(11)4-10-12-8-5-9(8)13-10/h6-9H,3-5,11H2,1-2H3. The molecule has 0 radical (unpaired) electrons. The number of hydrogen-bond acceptors (Lipinski definition) is 3. The molecule has 13 heavy (non-hydrogen) atoms. The third kappa shape index (κ3) is 2.47. The number of nitrogens with zero attached hydrogens (tertiary/aromatic N) is 1. The van der Waals surface area contributed by atoms with E-state index in [9.17, 15) is 0 Å². The van der Waals surface area contributed by atoms with Gasteiger partial charge in [0.05, 0.1) is 11.1 Å². The van der Waals surface area contributed by atoms with Crippen molar-refractivity contribution in [3.05, 3.63) is 0 Å². The molecule has 0 saturated heterocycles. The highest BCUT2D eigenvalue weighted by molar-refractivity contribution is 8.15. The third-order valence-corrected chi connectivity index (χ3v) is 3.86. The maximum atomic E-state index is 6.02. The molecule has 0 aromatic rings. The minimum atomic E-state index is 0.323. The predicted molar refractivity (Wildman–Crippen MR) is 59.3 cm³/mol. The van der Waals surface area contributed by atoms with Gasteiger partial charge in [-0.05, 0) is 18.8 Å². The summed E-state index contributed by atoms with van der Waals surface area (Å²) in [5.74, 6) is 0.705. The molecule has 0 aromatic heterocycles. The van der Waals surface area contributed by atoms with Crippen LogP contribution >= 0.6 is 11.8 Å². The summed E-state index contributed by atoms with van der Waals surface area (Å²) in [5, 5.41) is 2.15. The minimum absolute atomic E-state index is 0.323. The van der Waals surface area contributed by atoms with Crippen molar-refractivity contribution in [2.75, 3.05) is 0 Å². The molecule has 1 aliphatic carbocycles. The van der Waals surface area contributed by atoms with Crippen molar-refractivity contribution in [1.29, 1.82) is 0 Å². The van der Waals surface area contributed by atoms with E-state index in [2.05, 4.69) is 18.8 Å². The second-order valence-corrected chi connectivity index (χ2v) is 5.89. The third-order valence-electron chi connectivity index (χ3n) is 2.51. The molecule has 74 valence electrons. The number of nitrogens with two attached hydrogens (primary N) is 1. The van der Waals surface area contributed by atoms with Crippen LogP contribution in [0.3, 0.4) is 0 Å². The summed E-state index contributed by atoms with van der Waals surface area (Å²) < 4.78 is 0. The van der Waals surface area contributed by atoms with Gasteiger partial charge in [-0.3, -0.25) is 4.99 Å². The summed E-state index contributed by atoms with van der Waals surface area (Å²) in [7, 11) is 0. The van der Waals surface area contributed by atoms with E-state index >= 15 is 0 Å². The smallest absolute Gasteiger partial charge is 0.0698 e. The van der Waals surface area contributed by atoms with E-state index in [0.29, 0.717) is 18.0 Å². The summed E-state index contributed by atoms with van der Waals surface area (Å²) in [4.78, 5) is 4.61. The Labute approximate surface area is 84.4 Å². The van der Waals surface area contributed by atoms with Crippen LogP contribution in [0.1, 0.15) is 33.1 Å². The van der Waals surface area contributed by atoms with Crippen molar-refractivity contribution in [1.82, 2.24) is 0 Å². The van der Waals surface area contributed by atoms with Crippen LogP contribution < -0.4 is 5.73 Å². The van der Waals surface area contributed by atoms with Crippen LogP contribution in [0.2, 0.25) is 0 Å². The molecule has 0 spiro atoms. The molecular weight excluding hydrogens is 180 g/mol. The molecule has 0 bridgehead atoms. The summed E-state index contributed by atoms with van der Waals surface area (Å²) in [6.07, 6.45) is 3.44. The van der Waals surface area contributed by atoms with Crippen LogP contribution in [0.15, 0.2) is 4.99 Å². The topological polar surface area (TPSA) is 38.4 Å². The van der Waals surface area contributed by atoms with E-state index < -0.39 is 0 Å². The second kappa shape index (κ2) is 3.62. The number of thioether (sulfide) groups is 1. The summed E-state index contributed by atoms with van der Waals surface area (Å²) >= 11 is 1.97. The molecule has 1 heterocycles. The van der Waals surface area contributed by atoms with Crippen molar-refractivity contribution >= 4 is 16.8 Å². The first kappa shape index (κ1) is 9.53. The Morgan fingerprint density at radius 1 is 1.62 bits per heavy atom. The molecule has 2 aliphatic rings. The van der Waals surface area contributed by atoms with Gasteiger partial charge in [-0.2, -0.15) is 0 Å². The monoisotopic (exact) mass is 198 g/mol. The zero-order valence-electron chi connectivity index (χ0n) is 8.36. The summed E-state index contributed by atoms with van der Waals surface area (Å²) in [5.41, 5.74) is 6.02. The zero-order chi connectivity index (χ0) is 9.42. The fourth-order valence-corrected chi connectivity index (χ4v) is 3.19. The highest BCUT2D eigenvalue weighted by atomic mass is 32.2. The average molecular weight is 198 g/mol. The van der Waals surface area contributed by atoms with E-state index in [1.54, 1.807) is 0 Å². The Morgan fingerprint density at radius 2 is 2.38 bits per heavy atom. The molecular formula is C10H18N2S. The number of rotatable bonds is 4. The van der Waals surface area contributed by atoms with E-state index in [-0.39, 0.29) is 0 Å². The highest BCUT2D eigenvalue weighted by Gasteiger charge is 2.43. The van der Waals surface area contributed by atoms with Crippen LogP contribution in [-0.2, 0) is 0 Å². The molecule has 3 heteroatoms. The lowest BCUT2D eigenvalue weighted by atomic mass is 10.0. The quantitative estimate of drug-likeness (QED) is 0.750. The van der Waals surface area contributed by atoms with Gasteiger partial charge in [0, 0.05) is 17.7 Å². The van der Waals surface area contributed by atoms with E-state index in [1.807, 2.05) is 11.8 Å². The first-order valence-electron chi connectivity index (χ1n) is 5.14. The second-order valence-electron chi connectivity index (χ2n) is 4.58. The lowest BCUT2D eigenvalue weighted by Gasteiger charge is -2.13. The number of aliphatic imine (C=N–C) groups is 1. The predicted octanol–water partition coefficient (Wildman–Crippen LogP) is 2.04. The first-order valence-corrected chi connectivity index (χ1v) is 6.02. The lowest BCUT2D eigenvalue weighted by molar-refractivity contribution is 0.506. The maximum absolute atomic E-state index is 6.02. The van der Waals surface area contributed by atoms with Crippen molar-refractivity contribution in [3.8, 4) is 0 Å². The SMILES string of the molecule is CC(C)CC(N)CC1=NC2CC2S1. The summed E-state index contributed by atoms with van der Waals surface area (Å²) in [6.45, 7) is 4.45. The summed E-state index contributed by atoms with van der Waals surface area (Å²) in [6, 6.07) is 0.995. The Morgan fingerprint density at radius 3 is 2.92 bits per heavy atom. The van der Waals surface area contributed by atoms with Gasteiger partial charge < -0.3 is 5.73 Å². The zero-order valence-corrected chi connectivity index (χ0v) is 9.18. The Bertz CT molecular complexity index is 225. The minimum Gasteiger partial charge on any atom is -0.327 e. The van der Waals surface area contributed by atoms with Gasteiger partial charge in [0.15, 0.2) is 0 Å². The molecule has 3 atom stereocenters. The van der Waals surface area contributed by atoms with E-state index in [1.165, 1.54) is 11.5 Å². The van der Waals surface area contributed by atoms with Gasteiger partial charge in [-0.25, -0.2) is 0 Å². The Hall–Kier alpha value is -0.0200. The first-order chi connectivity index (χ1) is 6.15. The molecule has 3 unspecified atom stereocenters. The van der Waals surface area contributed by atoms with Crippen LogP contribution in [0, 0.1) is 5.92 Å². The fourth-order valence-electron chi connectivity index (χ4n) is 1.83. The fraction of sp³-hybridized carbons (Fsp3) is 0.900. The molecule has 1 fully saturated rings. The van der Waals surface area contributed by atoms with Gasteiger partial charge in [0.1, 0.15) is 0 Å². The number of hydrogen-bond donors (Lipinski definition) is 1. The Balaban J connectivity index is 1.74. The Kier molecular flexibility index (Phi) is 2.65. The van der Waals surface area contributed by atoms with Gasteiger partial charge in [0.2, 0.25) is 0 Å². The van der Waals surface area contributed by atoms with E-state index in [4.69, 9.17) is 5.73 Å². The van der Waals surface area contributed by atoms with Gasteiger partial charge >= 0.3 is 0 Å². The van der Waals surface area contributed by atoms with Crippen LogP contribution in [0.5, 0.6) is 0 Å². The van der Waals surface area contributed by atoms with Crippen LogP contribution in [-0.4, -0.2) is 22.4 Å². The van der Waals surface area contributed by atoms with Gasteiger partial charge in [-0.1, -0.05) is 13.8 Å². The van der Waals surface area contributed by atoms with Crippen LogP contribution in [0.4, 0.5) is 0 Å². The van der Waals surface area contributed by atoms with Gasteiger partial charge in [0.25, 0.3) is 0 Å². The molecule has 0 aromatic carbocycles. The molecule has 2 nitrogen and oxygen atoms in total. The van der Waals surface area contributed by atoms with Crippen molar-refractivity contribution in [2.45, 2.75) is 50.4 Å². The average Bonchev–Trinajstić information content (AvgIpc) is 2.57. The molecule has 1 saturated carbocycles. The highest BCUT2D eigenvalue weighted by Crippen LogP contribution is 2.45. The number of fused-ring (bicyclic) bond motifs is 1. The van der Waals surface area contributed by atoms with Crippen molar-refractivity contribution in [3.63, 3.8) is 0 Å². The van der Waals surface area contributed by atoms with Crippen molar-refractivity contribution < 1.29 is 0 Å². The molecule has 2 N–H and O–H groups in total. The molecule has 2 rings (SSSR count). The lowest BCUT2D eigenvalue weighted by Crippen LogP contribution is -2.24. The molecule has 0 amide bonds.